The Balaban J connectivity index is 1.68. The zero-order chi connectivity index (χ0) is 14.7. The van der Waals surface area contributed by atoms with Crippen LogP contribution in [0, 0.1) is 5.41 Å². The van der Waals surface area contributed by atoms with Gasteiger partial charge in [0.2, 0.25) is 0 Å². The topological polar surface area (TPSA) is 80.9 Å². The predicted molar refractivity (Wildman–Crippen MR) is 77.7 cm³/mol. The summed E-state index contributed by atoms with van der Waals surface area (Å²) in [6.07, 6.45) is 2.36. The number of thioether (sulfide) groups is 1. The molecule has 21 heavy (non-hydrogen) atoms. The summed E-state index contributed by atoms with van der Waals surface area (Å²) in [7, 11) is 0. The average Bonchev–Trinajstić information content (AvgIpc) is 2.88. The molecule has 0 bridgehead atoms. The molecule has 1 N–H and O–H groups in total. The SMILES string of the molecule is O=C(O)C1(Cn2nnnc2CSc2ccccc2)CCC1. The Hall–Kier alpha value is -1.89. The first kappa shape index (κ1) is 14.1. The van der Waals surface area contributed by atoms with Gasteiger partial charge < -0.3 is 5.11 Å². The van der Waals surface area contributed by atoms with Crippen LogP contribution in [0.2, 0.25) is 0 Å². The van der Waals surface area contributed by atoms with Gasteiger partial charge in [-0.15, -0.1) is 16.9 Å². The van der Waals surface area contributed by atoms with Crippen molar-refractivity contribution in [1.29, 1.82) is 0 Å². The van der Waals surface area contributed by atoms with Crippen LogP contribution in [0.1, 0.15) is 25.1 Å². The molecule has 1 fully saturated rings. The number of nitrogens with zero attached hydrogens (tertiary/aromatic N) is 4. The van der Waals surface area contributed by atoms with Gasteiger partial charge in [-0.1, -0.05) is 24.6 Å². The van der Waals surface area contributed by atoms with Gasteiger partial charge in [0.1, 0.15) is 0 Å². The van der Waals surface area contributed by atoms with Gasteiger partial charge in [-0.3, -0.25) is 4.79 Å². The summed E-state index contributed by atoms with van der Waals surface area (Å²) in [5, 5.41) is 21.1. The van der Waals surface area contributed by atoms with Crippen LogP contribution in [-0.2, 0) is 17.1 Å². The van der Waals surface area contributed by atoms with E-state index in [1.54, 1.807) is 16.4 Å². The smallest absolute Gasteiger partial charge is 0.311 e. The third-order valence-electron chi connectivity index (χ3n) is 3.93. The standard InChI is InChI=1S/C14H16N4O2S/c19-13(20)14(7-4-8-14)10-18-12(15-16-17-18)9-21-11-5-2-1-3-6-11/h1-3,5-6H,4,7-10H2,(H,19,20). The van der Waals surface area contributed by atoms with Crippen LogP contribution in [-0.4, -0.2) is 31.3 Å². The summed E-state index contributed by atoms with van der Waals surface area (Å²) in [4.78, 5) is 12.6. The molecule has 1 heterocycles. The van der Waals surface area contributed by atoms with Crippen LogP contribution < -0.4 is 0 Å². The number of benzene rings is 1. The molecule has 1 aromatic heterocycles. The highest BCUT2D eigenvalue weighted by molar-refractivity contribution is 7.98. The Morgan fingerprint density at radius 3 is 2.71 bits per heavy atom. The van der Waals surface area contributed by atoms with Gasteiger partial charge in [-0.2, -0.15) is 0 Å². The van der Waals surface area contributed by atoms with Crippen molar-refractivity contribution in [1.82, 2.24) is 20.2 Å². The van der Waals surface area contributed by atoms with Crippen molar-refractivity contribution >= 4 is 17.7 Å². The molecule has 0 unspecified atom stereocenters. The minimum atomic E-state index is -0.745. The molecule has 0 radical (unpaired) electrons. The van der Waals surface area contributed by atoms with Gasteiger partial charge in [0.25, 0.3) is 0 Å². The van der Waals surface area contributed by atoms with E-state index in [2.05, 4.69) is 15.5 Å². The van der Waals surface area contributed by atoms with E-state index in [1.807, 2.05) is 30.3 Å². The molecule has 0 saturated heterocycles. The number of hydrogen-bond acceptors (Lipinski definition) is 5. The third kappa shape index (κ3) is 2.92. The van der Waals surface area contributed by atoms with E-state index in [9.17, 15) is 9.90 Å². The molecule has 0 atom stereocenters. The number of rotatable bonds is 6. The summed E-state index contributed by atoms with van der Waals surface area (Å²) in [6, 6.07) is 10.0. The van der Waals surface area contributed by atoms with Crippen LogP contribution in [0.3, 0.4) is 0 Å². The van der Waals surface area contributed by atoms with E-state index in [0.29, 0.717) is 25.1 Å². The lowest BCUT2D eigenvalue weighted by atomic mass is 9.69. The van der Waals surface area contributed by atoms with Crippen molar-refractivity contribution in [2.24, 2.45) is 5.41 Å². The Morgan fingerprint density at radius 2 is 2.10 bits per heavy atom. The molecule has 1 aliphatic carbocycles. The van der Waals surface area contributed by atoms with Gasteiger partial charge >= 0.3 is 5.97 Å². The van der Waals surface area contributed by atoms with E-state index in [-0.39, 0.29) is 0 Å². The van der Waals surface area contributed by atoms with Crippen LogP contribution in [0.5, 0.6) is 0 Å². The number of hydrogen-bond donors (Lipinski definition) is 1. The average molecular weight is 304 g/mol. The lowest BCUT2D eigenvalue weighted by Crippen LogP contribution is -2.42. The first-order valence-corrected chi connectivity index (χ1v) is 7.84. The second-order valence-corrected chi connectivity index (χ2v) is 6.34. The maximum Gasteiger partial charge on any atom is 0.311 e. The monoisotopic (exact) mass is 304 g/mol. The lowest BCUT2D eigenvalue weighted by Gasteiger charge is -2.37. The minimum absolute atomic E-state index is 0.361. The summed E-state index contributed by atoms with van der Waals surface area (Å²) in [5.41, 5.74) is -0.679. The van der Waals surface area contributed by atoms with Crippen molar-refractivity contribution in [2.75, 3.05) is 0 Å². The van der Waals surface area contributed by atoms with Crippen molar-refractivity contribution < 1.29 is 9.90 Å². The summed E-state index contributed by atoms with van der Waals surface area (Å²) < 4.78 is 1.64. The van der Waals surface area contributed by atoms with Gasteiger partial charge in [0, 0.05) is 4.90 Å². The quantitative estimate of drug-likeness (QED) is 0.824. The summed E-state index contributed by atoms with van der Waals surface area (Å²) >= 11 is 1.64. The van der Waals surface area contributed by atoms with Crippen molar-refractivity contribution in [3.63, 3.8) is 0 Å². The lowest BCUT2D eigenvalue weighted by molar-refractivity contribution is -0.156. The van der Waals surface area contributed by atoms with E-state index in [1.165, 1.54) is 0 Å². The van der Waals surface area contributed by atoms with Crippen molar-refractivity contribution in [2.45, 2.75) is 36.5 Å². The van der Waals surface area contributed by atoms with E-state index in [4.69, 9.17) is 0 Å². The number of carboxylic acids is 1. The Labute approximate surface area is 126 Å². The highest BCUT2D eigenvalue weighted by Crippen LogP contribution is 2.42. The molecule has 7 heteroatoms. The number of tetrazole rings is 1. The number of carboxylic acid groups (broad SMARTS) is 1. The van der Waals surface area contributed by atoms with E-state index >= 15 is 0 Å². The first-order valence-electron chi connectivity index (χ1n) is 6.86. The maximum absolute atomic E-state index is 11.4. The Morgan fingerprint density at radius 1 is 1.33 bits per heavy atom. The van der Waals surface area contributed by atoms with Gasteiger partial charge in [-0.25, -0.2) is 4.68 Å². The van der Waals surface area contributed by atoms with E-state index < -0.39 is 11.4 Å². The minimum Gasteiger partial charge on any atom is -0.481 e. The van der Waals surface area contributed by atoms with Gasteiger partial charge in [-0.05, 0) is 35.4 Å². The molecule has 1 aliphatic rings. The molecule has 110 valence electrons. The molecule has 0 aliphatic heterocycles. The number of aliphatic carboxylic acids is 1. The number of aromatic nitrogens is 4. The van der Waals surface area contributed by atoms with Crippen LogP contribution in [0.4, 0.5) is 0 Å². The Kier molecular flexibility index (Phi) is 3.92. The highest BCUT2D eigenvalue weighted by Gasteiger charge is 2.45. The molecule has 0 spiro atoms. The fourth-order valence-corrected chi connectivity index (χ4v) is 3.30. The highest BCUT2D eigenvalue weighted by atomic mass is 32.2. The second-order valence-electron chi connectivity index (χ2n) is 5.29. The summed E-state index contributed by atoms with van der Waals surface area (Å²) in [6.45, 7) is 0.361. The predicted octanol–water partition coefficient (Wildman–Crippen LogP) is 2.22. The summed E-state index contributed by atoms with van der Waals surface area (Å²) in [5.74, 6) is 0.606. The fraction of sp³-hybridized carbons (Fsp3) is 0.429. The molecule has 2 aromatic rings. The number of carbonyl (C=O) groups is 1. The normalized spacial score (nSPS) is 16.4. The van der Waals surface area contributed by atoms with Gasteiger partial charge in [0.05, 0.1) is 17.7 Å². The van der Waals surface area contributed by atoms with Crippen molar-refractivity contribution in [3.8, 4) is 0 Å². The first-order chi connectivity index (χ1) is 10.2. The molecular weight excluding hydrogens is 288 g/mol. The van der Waals surface area contributed by atoms with E-state index in [0.717, 1.165) is 17.1 Å². The largest absolute Gasteiger partial charge is 0.481 e. The van der Waals surface area contributed by atoms with Crippen LogP contribution >= 0.6 is 11.8 Å². The zero-order valence-electron chi connectivity index (χ0n) is 11.5. The molecule has 6 nitrogen and oxygen atoms in total. The zero-order valence-corrected chi connectivity index (χ0v) is 12.3. The molecule has 1 aromatic carbocycles. The fourth-order valence-electron chi connectivity index (χ4n) is 2.44. The Bertz CT molecular complexity index is 625. The third-order valence-corrected chi connectivity index (χ3v) is 4.94. The maximum atomic E-state index is 11.4. The second kappa shape index (κ2) is 5.85. The molecule has 0 amide bonds. The van der Waals surface area contributed by atoms with Crippen LogP contribution in [0.15, 0.2) is 35.2 Å². The molecule has 1 saturated carbocycles. The molecule has 3 rings (SSSR count). The van der Waals surface area contributed by atoms with Crippen LogP contribution in [0.25, 0.3) is 0 Å². The van der Waals surface area contributed by atoms with Crippen molar-refractivity contribution in [3.05, 3.63) is 36.2 Å². The molecular formula is C14H16N4O2S. The van der Waals surface area contributed by atoms with Gasteiger partial charge in [0.15, 0.2) is 5.82 Å².